The van der Waals surface area contributed by atoms with Gasteiger partial charge in [-0.2, -0.15) is 0 Å². The van der Waals surface area contributed by atoms with Crippen LogP contribution < -0.4 is 5.32 Å². The van der Waals surface area contributed by atoms with Crippen molar-refractivity contribution in [3.05, 3.63) is 70.7 Å². The molecule has 0 aliphatic heterocycles. The molecule has 0 fully saturated rings. The number of hydrogen-bond donors (Lipinski definition) is 1. The predicted molar refractivity (Wildman–Crippen MR) is 96.1 cm³/mol. The van der Waals surface area contributed by atoms with Gasteiger partial charge < -0.3 is 5.32 Å². The Morgan fingerprint density at radius 2 is 2.08 bits per heavy atom. The Balaban J connectivity index is 1.93. The fraction of sp³-hybridized carbons (Fsp3) is 0.250. The summed E-state index contributed by atoms with van der Waals surface area (Å²) in [6.07, 6.45) is 2.51. The van der Waals surface area contributed by atoms with Crippen molar-refractivity contribution in [1.29, 1.82) is 0 Å². The van der Waals surface area contributed by atoms with Crippen LogP contribution in [-0.4, -0.2) is 15.9 Å². The summed E-state index contributed by atoms with van der Waals surface area (Å²) >= 11 is 0. The molecule has 25 heavy (non-hydrogen) atoms. The van der Waals surface area contributed by atoms with E-state index in [4.69, 9.17) is 0 Å². The molecule has 0 spiro atoms. The summed E-state index contributed by atoms with van der Waals surface area (Å²) in [6, 6.07) is 11.1. The van der Waals surface area contributed by atoms with Gasteiger partial charge in [-0.1, -0.05) is 19.1 Å². The van der Waals surface area contributed by atoms with Gasteiger partial charge >= 0.3 is 0 Å². The Hall–Kier alpha value is -2.82. The van der Waals surface area contributed by atoms with Crippen LogP contribution in [-0.2, 0) is 19.6 Å². The van der Waals surface area contributed by atoms with E-state index >= 15 is 0 Å². The van der Waals surface area contributed by atoms with Crippen LogP contribution in [0.15, 0.2) is 42.6 Å². The number of hydrogen-bond acceptors (Lipinski definition) is 3. The highest BCUT2D eigenvalue weighted by Gasteiger charge is 2.14. The lowest BCUT2D eigenvalue weighted by Gasteiger charge is -2.11. The van der Waals surface area contributed by atoms with Crippen molar-refractivity contribution in [1.82, 2.24) is 15.3 Å². The highest BCUT2D eigenvalue weighted by atomic mass is 19.1. The second kappa shape index (κ2) is 7.38. The van der Waals surface area contributed by atoms with Crippen LogP contribution in [0.4, 0.5) is 4.39 Å². The van der Waals surface area contributed by atoms with Crippen molar-refractivity contribution in [3.63, 3.8) is 0 Å². The Labute approximate surface area is 146 Å². The standard InChI is InChI=1S/C20H20FN3O/c1-3-14-9-15(11-21)19-17(10-14)13(2)8-18(24-19)20(25)23-12-16-6-4-5-7-22-16/h4-10H,3,11-12H2,1-2H3,(H,23,25). The first-order valence-electron chi connectivity index (χ1n) is 8.29. The number of carbonyl (C=O) groups excluding carboxylic acids is 1. The highest BCUT2D eigenvalue weighted by molar-refractivity contribution is 5.96. The van der Waals surface area contributed by atoms with Crippen LogP contribution in [0.5, 0.6) is 0 Å². The van der Waals surface area contributed by atoms with E-state index in [1.807, 2.05) is 44.2 Å². The van der Waals surface area contributed by atoms with Crippen molar-refractivity contribution in [2.45, 2.75) is 33.5 Å². The SMILES string of the molecule is CCc1cc(CF)c2nc(C(=O)NCc3ccccn3)cc(C)c2c1. The van der Waals surface area contributed by atoms with Gasteiger partial charge in [-0.25, -0.2) is 9.37 Å². The lowest BCUT2D eigenvalue weighted by molar-refractivity contribution is 0.0945. The van der Waals surface area contributed by atoms with E-state index in [0.29, 0.717) is 23.3 Å². The van der Waals surface area contributed by atoms with Gasteiger partial charge in [0.1, 0.15) is 12.4 Å². The Kier molecular flexibility index (Phi) is 5.03. The molecule has 0 aliphatic rings. The molecule has 0 aliphatic carbocycles. The van der Waals surface area contributed by atoms with Gasteiger partial charge in [0, 0.05) is 17.1 Å². The molecular weight excluding hydrogens is 317 g/mol. The molecule has 0 unspecified atom stereocenters. The first kappa shape index (κ1) is 17.0. The molecule has 1 amide bonds. The van der Waals surface area contributed by atoms with Crippen LogP contribution in [0.2, 0.25) is 0 Å². The molecular formula is C20H20FN3O. The maximum Gasteiger partial charge on any atom is 0.270 e. The summed E-state index contributed by atoms with van der Waals surface area (Å²) in [5, 5.41) is 3.71. The first-order valence-corrected chi connectivity index (χ1v) is 8.29. The van der Waals surface area contributed by atoms with Crippen molar-refractivity contribution >= 4 is 16.8 Å². The summed E-state index contributed by atoms with van der Waals surface area (Å²) in [5.41, 5.74) is 4.13. The number of halogens is 1. The number of nitrogens with zero attached hydrogens (tertiary/aromatic N) is 2. The van der Waals surface area contributed by atoms with Gasteiger partial charge in [-0.15, -0.1) is 0 Å². The van der Waals surface area contributed by atoms with Gasteiger partial charge in [0.2, 0.25) is 0 Å². The number of amides is 1. The molecule has 0 radical (unpaired) electrons. The summed E-state index contributed by atoms with van der Waals surface area (Å²) in [5.74, 6) is -0.292. The van der Waals surface area contributed by atoms with Crippen molar-refractivity contribution < 1.29 is 9.18 Å². The number of fused-ring (bicyclic) bond motifs is 1. The summed E-state index contributed by atoms with van der Waals surface area (Å²) in [4.78, 5) is 21.0. The van der Waals surface area contributed by atoms with Crippen LogP contribution in [0.25, 0.3) is 10.9 Å². The maximum atomic E-state index is 13.5. The van der Waals surface area contributed by atoms with E-state index in [0.717, 1.165) is 28.6 Å². The fourth-order valence-corrected chi connectivity index (χ4v) is 2.82. The normalized spacial score (nSPS) is 10.8. The second-order valence-electron chi connectivity index (χ2n) is 5.97. The van der Waals surface area contributed by atoms with Crippen LogP contribution in [0.1, 0.15) is 39.8 Å². The first-order chi connectivity index (χ1) is 12.1. The molecule has 2 heterocycles. The number of pyridine rings is 2. The van der Waals surface area contributed by atoms with E-state index in [1.54, 1.807) is 12.3 Å². The number of carbonyl (C=O) groups is 1. The number of nitrogens with one attached hydrogen (secondary N) is 1. The Morgan fingerprint density at radius 1 is 1.24 bits per heavy atom. The smallest absolute Gasteiger partial charge is 0.270 e. The van der Waals surface area contributed by atoms with Gasteiger partial charge in [0.05, 0.1) is 17.8 Å². The fourth-order valence-electron chi connectivity index (χ4n) is 2.82. The Bertz CT molecular complexity index is 910. The van der Waals surface area contributed by atoms with E-state index in [2.05, 4.69) is 15.3 Å². The molecule has 3 rings (SSSR count). The van der Waals surface area contributed by atoms with Crippen molar-refractivity contribution in [2.24, 2.45) is 0 Å². The van der Waals surface area contributed by atoms with E-state index < -0.39 is 6.67 Å². The van der Waals surface area contributed by atoms with Gasteiger partial charge in [-0.3, -0.25) is 9.78 Å². The molecule has 0 saturated carbocycles. The quantitative estimate of drug-likeness (QED) is 0.768. The van der Waals surface area contributed by atoms with Gasteiger partial charge in [-0.05, 0) is 48.7 Å². The number of aryl methyl sites for hydroxylation is 2. The monoisotopic (exact) mass is 337 g/mol. The Morgan fingerprint density at radius 3 is 2.76 bits per heavy atom. The number of benzene rings is 1. The predicted octanol–water partition coefficient (Wildman–Crippen LogP) is 3.90. The zero-order valence-electron chi connectivity index (χ0n) is 14.3. The highest BCUT2D eigenvalue weighted by Crippen LogP contribution is 2.24. The molecule has 1 N–H and O–H groups in total. The molecule has 0 atom stereocenters. The second-order valence-corrected chi connectivity index (χ2v) is 5.97. The van der Waals surface area contributed by atoms with Crippen LogP contribution in [0, 0.1) is 6.92 Å². The van der Waals surface area contributed by atoms with Crippen molar-refractivity contribution in [2.75, 3.05) is 0 Å². The molecule has 5 heteroatoms. The largest absolute Gasteiger partial charge is 0.345 e. The van der Waals surface area contributed by atoms with Crippen molar-refractivity contribution in [3.8, 4) is 0 Å². The third-order valence-electron chi connectivity index (χ3n) is 4.20. The minimum atomic E-state index is -0.601. The lowest BCUT2D eigenvalue weighted by Crippen LogP contribution is -2.24. The maximum absolute atomic E-state index is 13.5. The van der Waals surface area contributed by atoms with E-state index in [9.17, 15) is 9.18 Å². The third-order valence-corrected chi connectivity index (χ3v) is 4.20. The molecule has 1 aromatic carbocycles. The van der Waals surface area contributed by atoms with Gasteiger partial charge in [0.15, 0.2) is 0 Å². The molecule has 0 saturated heterocycles. The summed E-state index contributed by atoms with van der Waals surface area (Å²) in [7, 11) is 0. The third kappa shape index (κ3) is 3.65. The molecule has 2 aromatic heterocycles. The summed E-state index contributed by atoms with van der Waals surface area (Å²) in [6.45, 7) is 3.67. The number of alkyl halides is 1. The minimum Gasteiger partial charge on any atom is -0.345 e. The number of rotatable bonds is 5. The minimum absolute atomic E-state index is 0.292. The molecule has 0 bridgehead atoms. The molecule has 3 aromatic rings. The van der Waals surface area contributed by atoms with E-state index in [-0.39, 0.29) is 5.91 Å². The average molecular weight is 337 g/mol. The molecule has 4 nitrogen and oxygen atoms in total. The van der Waals surface area contributed by atoms with Gasteiger partial charge in [0.25, 0.3) is 5.91 Å². The zero-order valence-corrected chi connectivity index (χ0v) is 14.3. The van der Waals surface area contributed by atoms with E-state index in [1.165, 1.54) is 0 Å². The zero-order chi connectivity index (χ0) is 17.8. The van der Waals surface area contributed by atoms with Crippen LogP contribution >= 0.6 is 0 Å². The average Bonchev–Trinajstić information content (AvgIpc) is 2.66. The number of aromatic nitrogens is 2. The topological polar surface area (TPSA) is 54.9 Å². The summed E-state index contributed by atoms with van der Waals surface area (Å²) < 4.78 is 13.5. The van der Waals surface area contributed by atoms with Crippen LogP contribution in [0.3, 0.4) is 0 Å². The molecule has 128 valence electrons. The lowest BCUT2D eigenvalue weighted by atomic mass is 10.0.